The zero-order chi connectivity index (χ0) is 16.6. The van der Waals surface area contributed by atoms with Crippen molar-refractivity contribution in [1.82, 2.24) is 0 Å². The summed E-state index contributed by atoms with van der Waals surface area (Å²) >= 11 is 5.90. The van der Waals surface area contributed by atoms with E-state index in [9.17, 15) is 0 Å². The normalized spacial score (nSPS) is 10.7. The zero-order valence-electron chi connectivity index (χ0n) is 13.0. The minimum absolute atomic E-state index is 0.480. The highest BCUT2D eigenvalue weighted by molar-refractivity contribution is 6.30. The molecule has 0 fully saturated rings. The average molecular weight is 337 g/mol. The number of rotatable bonds is 6. The number of ether oxygens (including phenoxy) is 1. The van der Waals surface area contributed by atoms with Crippen LogP contribution in [0.25, 0.3) is 0 Å². The molecule has 3 aromatic carbocycles. The Kier molecular flexibility index (Phi) is 5.48. The van der Waals surface area contributed by atoms with Gasteiger partial charge in [0.1, 0.15) is 12.4 Å². The fourth-order valence-electron chi connectivity index (χ4n) is 2.15. The lowest BCUT2D eigenvalue weighted by molar-refractivity contribution is 0.306. The third kappa shape index (κ3) is 4.61. The number of hydrazone groups is 1. The van der Waals surface area contributed by atoms with E-state index in [1.54, 1.807) is 6.21 Å². The quantitative estimate of drug-likeness (QED) is 0.485. The van der Waals surface area contributed by atoms with Crippen molar-refractivity contribution in [2.24, 2.45) is 5.10 Å². The number of para-hydroxylation sites is 2. The molecular weight excluding hydrogens is 320 g/mol. The number of benzene rings is 3. The Morgan fingerprint density at radius 3 is 2.38 bits per heavy atom. The van der Waals surface area contributed by atoms with E-state index in [4.69, 9.17) is 16.3 Å². The van der Waals surface area contributed by atoms with Crippen LogP contribution in [0.5, 0.6) is 5.75 Å². The maximum absolute atomic E-state index is 5.90. The number of hydrogen-bond acceptors (Lipinski definition) is 3. The molecule has 0 heterocycles. The molecule has 0 bridgehead atoms. The standard InChI is InChI=1S/C20H17ClN2O/c21-18-12-10-16(11-13-18)15-24-20-9-5-4-6-17(20)14-22-23-19-7-2-1-3-8-19/h1-14,23H,15H2. The molecule has 0 aliphatic heterocycles. The molecule has 3 rings (SSSR count). The molecule has 24 heavy (non-hydrogen) atoms. The van der Waals surface area contributed by atoms with Crippen LogP contribution >= 0.6 is 11.6 Å². The lowest BCUT2D eigenvalue weighted by Crippen LogP contribution is -1.99. The molecule has 0 spiro atoms. The smallest absolute Gasteiger partial charge is 0.128 e. The number of nitrogens with zero attached hydrogens (tertiary/aromatic N) is 1. The third-order valence-electron chi connectivity index (χ3n) is 3.40. The second-order valence-electron chi connectivity index (χ2n) is 5.19. The van der Waals surface area contributed by atoms with Gasteiger partial charge in [0.25, 0.3) is 0 Å². The highest BCUT2D eigenvalue weighted by Gasteiger charge is 2.01. The van der Waals surface area contributed by atoms with Gasteiger partial charge in [0.05, 0.1) is 11.9 Å². The van der Waals surface area contributed by atoms with E-state index in [2.05, 4.69) is 10.5 Å². The van der Waals surface area contributed by atoms with E-state index in [1.165, 1.54) is 0 Å². The van der Waals surface area contributed by atoms with E-state index in [0.717, 1.165) is 27.6 Å². The third-order valence-corrected chi connectivity index (χ3v) is 3.65. The first-order chi connectivity index (χ1) is 11.8. The van der Waals surface area contributed by atoms with Crippen molar-refractivity contribution in [1.29, 1.82) is 0 Å². The van der Waals surface area contributed by atoms with Crippen LogP contribution in [0.2, 0.25) is 5.02 Å². The second kappa shape index (κ2) is 8.18. The molecule has 0 unspecified atom stereocenters. The fourth-order valence-corrected chi connectivity index (χ4v) is 2.28. The number of halogens is 1. The van der Waals surface area contributed by atoms with Crippen molar-refractivity contribution in [3.05, 3.63) is 95.0 Å². The van der Waals surface area contributed by atoms with Gasteiger partial charge in [-0.1, -0.05) is 54.1 Å². The Bertz CT molecular complexity index is 801. The van der Waals surface area contributed by atoms with Crippen LogP contribution < -0.4 is 10.2 Å². The van der Waals surface area contributed by atoms with Crippen LogP contribution in [0.1, 0.15) is 11.1 Å². The van der Waals surface area contributed by atoms with Gasteiger partial charge in [0, 0.05) is 10.6 Å². The van der Waals surface area contributed by atoms with E-state index in [1.807, 2.05) is 78.9 Å². The molecule has 1 N–H and O–H groups in total. The summed E-state index contributed by atoms with van der Waals surface area (Å²) in [7, 11) is 0. The summed E-state index contributed by atoms with van der Waals surface area (Å²) in [5.41, 5.74) is 5.91. The van der Waals surface area contributed by atoms with Crippen molar-refractivity contribution < 1.29 is 4.74 Å². The molecule has 3 nitrogen and oxygen atoms in total. The monoisotopic (exact) mass is 336 g/mol. The van der Waals surface area contributed by atoms with Gasteiger partial charge in [0.2, 0.25) is 0 Å². The molecule has 4 heteroatoms. The highest BCUT2D eigenvalue weighted by Crippen LogP contribution is 2.18. The van der Waals surface area contributed by atoms with Crippen molar-refractivity contribution in [2.45, 2.75) is 6.61 Å². The molecule has 0 atom stereocenters. The zero-order valence-corrected chi connectivity index (χ0v) is 13.8. The first-order valence-corrected chi connectivity index (χ1v) is 7.99. The van der Waals surface area contributed by atoms with Gasteiger partial charge in [-0.3, -0.25) is 5.43 Å². The Labute approximate surface area is 146 Å². The molecule has 0 amide bonds. The first kappa shape index (κ1) is 16.1. The van der Waals surface area contributed by atoms with Crippen molar-refractivity contribution in [3.63, 3.8) is 0 Å². The summed E-state index contributed by atoms with van der Waals surface area (Å²) in [4.78, 5) is 0. The van der Waals surface area contributed by atoms with Crippen LogP contribution in [0.3, 0.4) is 0 Å². The SMILES string of the molecule is Clc1ccc(COc2ccccc2C=NNc2ccccc2)cc1. The van der Waals surface area contributed by atoms with E-state index in [-0.39, 0.29) is 0 Å². The minimum Gasteiger partial charge on any atom is -0.488 e. The second-order valence-corrected chi connectivity index (χ2v) is 5.63. The predicted molar refractivity (Wildman–Crippen MR) is 99.9 cm³/mol. The van der Waals surface area contributed by atoms with Crippen molar-refractivity contribution in [2.75, 3.05) is 5.43 Å². The summed E-state index contributed by atoms with van der Waals surface area (Å²) in [6.07, 6.45) is 1.75. The van der Waals surface area contributed by atoms with Crippen molar-refractivity contribution >= 4 is 23.5 Å². The lowest BCUT2D eigenvalue weighted by atomic mass is 10.2. The summed E-state index contributed by atoms with van der Waals surface area (Å²) in [6.45, 7) is 0.480. The molecule has 0 aliphatic rings. The van der Waals surface area contributed by atoms with Gasteiger partial charge >= 0.3 is 0 Å². The molecule has 120 valence electrons. The van der Waals surface area contributed by atoms with Crippen LogP contribution in [0.15, 0.2) is 84.0 Å². The number of anilines is 1. The van der Waals surface area contributed by atoms with Gasteiger partial charge in [0.15, 0.2) is 0 Å². The molecule has 0 saturated heterocycles. The maximum atomic E-state index is 5.90. The number of hydrogen-bond donors (Lipinski definition) is 1. The summed E-state index contributed by atoms with van der Waals surface area (Å²) in [5, 5.41) is 4.99. The molecule has 0 radical (unpaired) electrons. The lowest BCUT2D eigenvalue weighted by Gasteiger charge is -2.09. The first-order valence-electron chi connectivity index (χ1n) is 7.62. The topological polar surface area (TPSA) is 33.6 Å². The predicted octanol–water partition coefficient (Wildman–Crippen LogP) is 5.37. The largest absolute Gasteiger partial charge is 0.488 e. The molecule has 3 aromatic rings. The van der Waals surface area contributed by atoms with Gasteiger partial charge < -0.3 is 4.74 Å². The highest BCUT2D eigenvalue weighted by atomic mass is 35.5. The number of nitrogens with one attached hydrogen (secondary N) is 1. The minimum atomic E-state index is 0.480. The van der Waals surface area contributed by atoms with Gasteiger partial charge in [-0.2, -0.15) is 5.10 Å². The summed E-state index contributed by atoms with van der Waals surface area (Å²) < 4.78 is 5.90. The molecule has 0 aromatic heterocycles. The van der Waals surface area contributed by atoms with E-state index < -0.39 is 0 Å². The van der Waals surface area contributed by atoms with Gasteiger partial charge in [-0.05, 0) is 42.0 Å². The molecule has 0 aliphatic carbocycles. The van der Waals surface area contributed by atoms with Crippen LogP contribution in [0, 0.1) is 0 Å². The average Bonchev–Trinajstić information content (AvgIpc) is 2.63. The van der Waals surface area contributed by atoms with Gasteiger partial charge in [-0.15, -0.1) is 0 Å². The van der Waals surface area contributed by atoms with Gasteiger partial charge in [-0.25, -0.2) is 0 Å². The van der Waals surface area contributed by atoms with E-state index in [0.29, 0.717) is 6.61 Å². The Balaban J connectivity index is 1.65. The van der Waals surface area contributed by atoms with Crippen LogP contribution in [0.4, 0.5) is 5.69 Å². The summed E-state index contributed by atoms with van der Waals surface area (Å²) in [6, 6.07) is 25.2. The Morgan fingerprint density at radius 2 is 1.58 bits per heavy atom. The van der Waals surface area contributed by atoms with Crippen molar-refractivity contribution in [3.8, 4) is 5.75 Å². The summed E-state index contributed by atoms with van der Waals surface area (Å²) in [5.74, 6) is 0.783. The maximum Gasteiger partial charge on any atom is 0.128 e. The Hall–Kier alpha value is -2.78. The molecular formula is C20H17ClN2O. The Morgan fingerprint density at radius 1 is 0.875 bits per heavy atom. The fraction of sp³-hybridized carbons (Fsp3) is 0.0500. The van der Waals surface area contributed by atoms with Crippen LogP contribution in [-0.2, 0) is 6.61 Å². The van der Waals surface area contributed by atoms with Crippen LogP contribution in [-0.4, -0.2) is 6.21 Å². The van der Waals surface area contributed by atoms with E-state index >= 15 is 0 Å². The molecule has 0 saturated carbocycles.